The third kappa shape index (κ3) is 5.02. The zero-order valence-electron chi connectivity index (χ0n) is 39.2. The second kappa shape index (κ2) is 12.6. The molecule has 0 atom stereocenters. The molecule has 0 amide bonds. The summed E-state index contributed by atoms with van der Waals surface area (Å²) in [4.78, 5) is 0. The van der Waals surface area contributed by atoms with Gasteiger partial charge < -0.3 is 23.6 Å². The summed E-state index contributed by atoms with van der Waals surface area (Å²) in [6.07, 6.45) is 4.58. The van der Waals surface area contributed by atoms with Gasteiger partial charge in [0.15, 0.2) is 11.5 Å². The van der Waals surface area contributed by atoms with Crippen LogP contribution in [0, 0.1) is 0 Å². The molecule has 4 aliphatic rings. The molecule has 0 fully saturated rings. The molecule has 3 aromatic heterocycles. The standard InChI is InChI=1S/C60H53BN3O2/c1-57(2)24-26-59(5,6)41-31-46-37(28-39(41)57)51-47(63-44-20-12-9-16-33(44)34-17-10-13-21-45(34)63)30-36(35-18-15-23-49-53(35)62-43-19-11-14-22-48(43)65-49)52-55(51)64(46)54-38-29-40-42(32-50(38)66-56(54)61-52)60(7,8)27-25-58(40,3)4/h9-23,28-32,62H,24-27H2,1-8H3. The molecule has 1 N–H and O–H groups in total. The molecule has 323 valence electrons. The summed E-state index contributed by atoms with van der Waals surface area (Å²) < 4.78 is 19.1. The van der Waals surface area contributed by atoms with Crippen LogP contribution in [0.4, 0.5) is 11.4 Å². The van der Waals surface area contributed by atoms with E-state index >= 15 is 0 Å². The van der Waals surface area contributed by atoms with Gasteiger partial charge in [-0.1, -0.05) is 116 Å². The van der Waals surface area contributed by atoms with E-state index in [1.54, 1.807) is 0 Å². The molecule has 66 heavy (non-hydrogen) atoms. The summed E-state index contributed by atoms with van der Waals surface area (Å²) in [7, 11) is 2.36. The topological polar surface area (TPSA) is 44.3 Å². The highest BCUT2D eigenvalue weighted by molar-refractivity contribution is 6.73. The number of hydrogen-bond donors (Lipinski definition) is 1. The van der Waals surface area contributed by atoms with Gasteiger partial charge in [-0.2, -0.15) is 0 Å². The molecule has 0 spiro atoms. The van der Waals surface area contributed by atoms with Crippen LogP contribution in [0.1, 0.15) is 103 Å². The Labute approximate surface area is 386 Å². The average Bonchev–Trinajstić information content (AvgIpc) is 3.96. The Bertz CT molecular complexity index is 3760. The first-order valence-electron chi connectivity index (χ1n) is 24.0. The quantitative estimate of drug-likeness (QED) is 0.176. The molecule has 2 aliphatic carbocycles. The van der Waals surface area contributed by atoms with Crippen LogP contribution in [-0.2, 0) is 21.7 Å². The van der Waals surface area contributed by atoms with Crippen LogP contribution in [0.3, 0.4) is 0 Å². The number of benzene rings is 7. The van der Waals surface area contributed by atoms with Crippen LogP contribution >= 0.6 is 0 Å². The molecule has 2 aliphatic heterocycles. The molecule has 1 radical (unpaired) electrons. The molecule has 10 aromatic rings. The lowest BCUT2D eigenvalue weighted by Gasteiger charge is -2.42. The van der Waals surface area contributed by atoms with Crippen molar-refractivity contribution in [1.29, 1.82) is 0 Å². The normalized spacial score (nSPS) is 18.0. The Kier molecular flexibility index (Phi) is 7.38. The molecular weight excluding hydrogens is 805 g/mol. The first-order chi connectivity index (χ1) is 31.7. The molecule has 0 saturated heterocycles. The number of aromatic nitrogens is 2. The fourth-order valence-corrected chi connectivity index (χ4v) is 12.7. The zero-order chi connectivity index (χ0) is 44.8. The van der Waals surface area contributed by atoms with Gasteiger partial charge in [0.1, 0.15) is 5.58 Å². The fraction of sp³-hybridized carbons (Fsp3) is 0.267. The van der Waals surface area contributed by atoms with Gasteiger partial charge in [-0.05, 0) is 141 Å². The number of anilines is 2. The van der Waals surface area contributed by atoms with E-state index in [0.717, 1.165) is 87.8 Å². The van der Waals surface area contributed by atoms with Crippen LogP contribution < -0.4 is 21.2 Å². The Balaban J connectivity index is 1.19. The fourth-order valence-electron chi connectivity index (χ4n) is 12.7. The molecule has 0 bridgehead atoms. The van der Waals surface area contributed by atoms with Crippen molar-refractivity contribution in [3.05, 3.63) is 144 Å². The van der Waals surface area contributed by atoms with Gasteiger partial charge in [-0.25, -0.2) is 0 Å². The number of nitrogens with zero attached hydrogens (tertiary/aromatic N) is 2. The van der Waals surface area contributed by atoms with Gasteiger partial charge in [0.2, 0.25) is 7.28 Å². The van der Waals surface area contributed by atoms with E-state index in [2.05, 4.69) is 186 Å². The van der Waals surface area contributed by atoms with E-state index in [0.29, 0.717) is 0 Å². The smallest absolute Gasteiger partial charge is 0.247 e. The van der Waals surface area contributed by atoms with Gasteiger partial charge in [0.05, 0.1) is 50.5 Å². The van der Waals surface area contributed by atoms with E-state index in [4.69, 9.17) is 9.15 Å². The largest absolute Gasteiger partial charge is 0.469 e. The molecule has 14 rings (SSSR count). The zero-order valence-corrected chi connectivity index (χ0v) is 39.2. The third-order valence-electron chi connectivity index (χ3n) is 16.7. The Morgan fingerprint density at radius 3 is 1.77 bits per heavy atom. The highest BCUT2D eigenvalue weighted by Crippen LogP contribution is 2.53. The maximum atomic E-state index is 7.26. The number of ether oxygens (including phenoxy) is 1. The average molecular weight is 859 g/mol. The lowest BCUT2D eigenvalue weighted by Crippen LogP contribution is -2.36. The minimum absolute atomic E-state index is 0.0151. The highest BCUT2D eigenvalue weighted by Gasteiger charge is 2.42. The minimum atomic E-state index is 0.0151. The van der Waals surface area contributed by atoms with Crippen LogP contribution in [0.15, 0.2) is 126 Å². The first kappa shape index (κ1) is 38.6. The van der Waals surface area contributed by atoms with Crippen molar-refractivity contribution in [2.75, 3.05) is 5.32 Å². The van der Waals surface area contributed by atoms with Crippen LogP contribution in [0.5, 0.6) is 11.5 Å². The summed E-state index contributed by atoms with van der Waals surface area (Å²) in [5, 5.41) is 10.1. The SMILES string of the molecule is CC1(C)CCC(C)(C)c2cc3c4c(oc3cc21)[B]c1c(-c2cccc3c2Nc2ccccc2O3)cc(-n2c3ccccc3c3ccccc32)c2c3cc5c(cc3n-4c12)C(C)(C)CCC5(C)C. The predicted octanol–water partition coefficient (Wildman–Crippen LogP) is 14.8. The van der Waals surface area contributed by atoms with E-state index < -0.39 is 0 Å². The monoisotopic (exact) mass is 858 g/mol. The number of nitrogens with one attached hydrogen (secondary N) is 1. The van der Waals surface area contributed by atoms with E-state index in [1.165, 1.54) is 71.3 Å². The molecular formula is C60H53BN3O2. The minimum Gasteiger partial charge on any atom is -0.469 e. The van der Waals surface area contributed by atoms with Gasteiger partial charge in [-0.3, -0.25) is 0 Å². The van der Waals surface area contributed by atoms with Crippen molar-refractivity contribution >= 4 is 84.4 Å². The van der Waals surface area contributed by atoms with Crippen molar-refractivity contribution in [3.63, 3.8) is 0 Å². The van der Waals surface area contributed by atoms with Crippen molar-refractivity contribution < 1.29 is 9.15 Å². The summed E-state index contributed by atoms with van der Waals surface area (Å²) in [6, 6.07) is 45.1. The molecule has 7 aromatic carbocycles. The molecule has 6 heteroatoms. The maximum absolute atomic E-state index is 7.26. The van der Waals surface area contributed by atoms with Crippen molar-refractivity contribution in [3.8, 4) is 34.0 Å². The van der Waals surface area contributed by atoms with E-state index in [9.17, 15) is 0 Å². The predicted molar refractivity (Wildman–Crippen MR) is 276 cm³/mol. The lowest BCUT2D eigenvalue weighted by atomic mass is 9.61. The Morgan fingerprint density at radius 2 is 1.09 bits per heavy atom. The van der Waals surface area contributed by atoms with Crippen molar-refractivity contribution in [2.45, 2.75) is 103 Å². The van der Waals surface area contributed by atoms with Crippen LogP contribution in [-0.4, -0.2) is 16.4 Å². The van der Waals surface area contributed by atoms with Gasteiger partial charge in [0.25, 0.3) is 0 Å². The Morgan fingerprint density at radius 1 is 0.515 bits per heavy atom. The highest BCUT2D eigenvalue weighted by atomic mass is 16.5. The Hall–Kier alpha value is -6.66. The lowest BCUT2D eigenvalue weighted by molar-refractivity contribution is 0.332. The number of furan rings is 1. The summed E-state index contributed by atoms with van der Waals surface area (Å²) in [6.45, 7) is 19.5. The van der Waals surface area contributed by atoms with Gasteiger partial charge in [0, 0.05) is 32.5 Å². The number of rotatable bonds is 2. The molecule has 0 saturated carbocycles. The molecule has 5 heterocycles. The molecule has 5 nitrogen and oxygen atoms in total. The van der Waals surface area contributed by atoms with Gasteiger partial charge >= 0.3 is 0 Å². The number of fused-ring (bicyclic) bond motifs is 14. The summed E-state index contributed by atoms with van der Waals surface area (Å²) >= 11 is 0. The second-order valence-electron chi connectivity index (χ2n) is 22.5. The van der Waals surface area contributed by atoms with Crippen molar-refractivity contribution in [1.82, 2.24) is 9.13 Å². The third-order valence-corrected chi connectivity index (χ3v) is 16.7. The second-order valence-corrected chi connectivity index (χ2v) is 22.5. The van der Waals surface area contributed by atoms with Gasteiger partial charge in [-0.15, -0.1) is 0 Å². The maximum Gasteiger partial charge on any atom is 0.247 e. The van der Waals surface area contributed by atoms with Crippen LogP contribution in [0.25, 0.3) is 77.1 Å². The van der Waals surface area contributed by atoms with Crippen LogP contribution in [0.2, 0.25) is 0 Å². The molecule has 0 unspecified atom stereocenters. The van der Waals surface area contributed by atoms with E-state index in [1.807, 2.05) is 12.1 Å². The number of para-hydroxylation sites is 5. The van der Waals surface area contributed by atoms with Crippen molar-refractivity contribution in [2.24, 2.45) is 0 Å². The number of hydrogen-bond acceptors (Lipinski definition) is 3. The first-order valence-corrected chi connectivity index (χ1v) is 24.0. The summed E-state index contributed by atoms with van der Waals surface area (Å²) in [5.74, 6) is 1.64. The van der Waals surface area contributed by atoms with E-state index in [-0.39, 0.29) is 21.7 Å². The summed E-state index contributed by atoms with van der Waals surface area (Å²) in [5.41, 5.74) is 20.1.